The lowest BCUT2D eigenvalue weighted by Gasteiger charge is -2.30. The molecule has 0 heterocycles. The molecule has 0 aliphatic carbocycles. The molecular weight excluding hydrogens is 212 g/mol. The lowest BCUT2D eigenvalue weighted by Crippen LogP contribution is -2.33. The van der Waals surface area contributed by atoms with Gasteiger partial charge in [0.25, 0.3) is 0 Å². The SMILES string of the molecule is CCC(C)(C)C(=O)OC(C)(C)c1ccccc1. The number of ether oxygens (including phenoxy) is 1. The first-order chi connectivity index (χ1) is 7.79. The van der Waals surface area contributed by atoms with Crippen LogP contribution in [0, 0.1) is 5.41 Å². The van der Waals surface area contributed by atoms with E-state index in [1.807, 2.05) is 65.0 Å². The largest absolute Gasteiger partial charge is 0.454 e. The highest BCUT2D eigenvalue weighted by atomic mass is 16.6. The molecule has 1 aromatic carbocycles. The van der Waals surface area contributed by atoms with Crippen molar-refractivity contribution in [3.63, 3.8) is 0 Å². The predicted molar refractivity (Wildman–Crippen MR) is 69.6 cm³/mol. The first-order valence-corrected chi connectivity index (χ1v) is 6.08. The summed E-state index contributed by atoms with van der Waals surface area (Å²) < 4.78 is 5.64. The van der Waals surface area contributed by atoms with E-state index in [1.54, 1.807) is 0 Å². The summed E-state index contributed by atoms with van der Waals surface area (Å²) in [6.45, 7) is 9.67. The van der Waals surface area contributed by atoms with Crippen LogP contribution in [0.4, 0.5) is 0 Å². The van der Waals surface area contributed by atoms with Gasteiger partial charge in [0.1, 0.15) is 5.60 Å². The fraction of sp³-hybridized carbons (Fsp3) is 0.533. The molecule has 0 aromatic heterocycles. The summed E-state index contributed by atoms with van der Waals surface area (Å²) in [4.78, 5) is 12.1. The Balaban J connectivity index is 2.84. The average Bonchev–Trinajstić information content (AvgIpc) is 2.29. The zero-order valence-corrected chi connectivity index (χ0v) is 11.4. The molecule has 0 atom stereocenters. The second-order valence-corrected chi connectivity index (χ2v) is 5.50. The maximum atomic E-state index is 12.1. The van der Waals surface area contributed by atoms with Gasteiger partial charge in [0.05, 0.1) is 5.41 Å². The van der Waals surface area contributed by atoms with E-state index in [0.717, 1.165) is 12.0 Å². The summed E-state index contributed by atoms with van der Waals surface area (Å²) >= 11 is 0. The summed E-state index contributed by atoms with van der Waals surface area (Å²) in [5.74, 6) is -0.145. The molecule has 0 saturated heterocycles. The van der Waals surface area contributed by atoms with Crippen molar-refractivity contribution in [2.45, 2.75) is 46.6 Å². The third-order valence-electron chi connectivity index (χ3n) is 3.25. The Bertz CT molecular complexity index is 377. The number of carbonyl (C=O) groups excluding carboxylic acids is 1. The van der Waals surface area contributed by atoms with Crippen LogP contribution in [-0.2, 0) is 15.1 Å². The Morgan fingerprint density at radius 2 is 1.65 bits per heavy atom. The Morgan fingerprint density at radius 3 is 2.12 bits per heavy atom. The van der Waals surface area contributed by atoms with Crippen LogP contribution < -0.4 is 0 Å². The van der Waals surface area contributed by atoms with Crippen molar-refractivity contribution in [3.8, 4) is 0 Å². The highest BCUT2D eigenvalue weighted by Gasteiger charge is 2.33. The minimum Gasteiger partial charge on any atom is -0.454 e. The monoisotopic (exact) mass is 234 g/mol. The predicted octanol–water partition coefficient (Wildman–Crippen LogP) is 3.90. The van der Waals surface area contributed by atoms with Crippen LogP contribution in [-0.4, -0.2) is 5.97 Å². The Labute approximate surface area is 104 Å². The minimum atomic E-state index is -0.579. The number of hydrogen-bond donors (Lipinski definition) is 0. The normalized spacial score (nSPS) is 12.3. The zero-order chi connectivity index (χ0) is 13.1. The van der Waals surface area contributed by atoms with Crippen molar-refractivity contribution >= 4 is 5.97 Å². The summed E-state index contributed by atoms with van der Waals surface area (Å²) in [5.41, 5.74) is 0.0110. The molecule has 0 radical (unpaired) electrons. The smallest absolute Gasteiger partial charge is 0.312 e. The van der Waals surface area contributed by atoms with Gasteiger partial charge in [-0.3, -0.25) is 4.79 Å². The van der Waals surface area contributed by atoms with Crippen LogP contribution in [0.1, 0.15) is 46.6 Å². The van der Waals surface area contributed by atoms with Crippen molar-refractivity contribution in [3.05, 3.63) is 35.9 Å². The molecule has 0 unspecified atom stereocenters. The van der Waals surface area contributed by atoms with Gasteiger partial charge < -0.3 is 4.74 Å². The number of esters is 1. The molecule has 1 aromatic rings. The van der Waals surface area contributed by atoms with E-state index < -0.39 is 11.0 Å². The standard InChI is InChI=1S/C15H22O2/c1-6-14(2,3)13(16)17-15(4,5)12-10-8-7-9-11-12/h7-11H,6H2,1-5H3. The van der Waals surface area contributed by atoms with Crippen molar-refractivity contribution in [1.29, 1.82) is 0 Å². The number of rotatable bonds is 4. The van der Waals surface area contributed by atoms with Crippen molar-refractivity contribution in [2.24, 2.45) is 5.41 Å². The molecule has 94 valence electrons. The molecule has 0 spiro atoms. The molecule has 0 amide bonds. The fourth-order valence-corrected chi connectivity index (χ4v) is 1.41. The van der Waals surface area contributed by atoms with E-state index in [1.165, 1.54) is 0 Å². The van der Waals surface area contributed by atoms with Gasteiger partial charge in [-0.2, -0.15) is 0 Å². The minimum absolute atomic E-state index is 0.145. The van der Waals surface area contributed by atoms with Gasteiger partial charge >= 0.3 is 5.97 Å². The Kier molecular flexibility index (Phi) is 3.97. The summed E-state index contributed by atoms with van der Waals surface area (Å²) in [6, 6.07) is 9.82. The van der Waals surface area contributed by atoms with Gasteiger partial charge in [0.2, 0.25) is 0 Å². The summed E-state index contributed by atoms with van der Waals surface area (Å²) in [6.07, 6.45) is 0.775. The van der Waals surface area contributed by atoms with Gasteiger partial charge in [0.15, 0.2) is 0 Å². The van der Waals surface area contributed by atoms with Crippen LogP contribution in [0.3, 0.4) is 0 Å². The zero-order valence-electron chi connectivity index (χ0n) is 11.4. The van der Waals surface area contributed by atoms with Gasteiger partial charge in [-0.05, 0) is 39.7 Å². The Morgan fingerprint density at radius 1 is 1.12 bits per heavy atom. The van der Waals surface area contributed by atoms with E-state index in [0.29, 0.717) is 0 Å². The molecular formula is C15H22O2. The van der Waals surface area contributed by atoms with E-state index in [4.69, 9.17) is 4.74 Å². The molecule has 2 heteroatoms. The van der Waals surface area contributed by atoms with Crippen LogP contribution in [0.25, 0.3) is 0 Å². The molecule has 0 aliphatic rings. The number of hydrogen-bond acceptors (Lipinski definition) is 2. The maximum absolute atomic E-state index is 12.1. The van der Waals surface area contributed by atoms with Crippen LogP contribution in [0.15, 0.2) is 30.3 Å². The lowest BCUT2D eigenvalue weighted by atomic mass is 9.89. The molecule has 0 fully saturated rings. The van der Waals surface area contributed by atoms with Gasteiger partial charge in [-0.1, -0.05) is 37.3 Å². The van der Waals surface area contributed by atoms with E-state index in [-0.39, 0.29) is 5.97 Å². The molecule has 0 saturated carbocycles. The van der Waals surface area contributed by atoms with E-state index in [9.17, 15) is 4.79 Å². The topological polar surface area (TPSA) is 26.3 Å². The van der Waals surface area contributed by atoms with Gasteiger partial charge in [0, 0.05) is 0 Å². The maximum Gasteiger partial charge on any atom is 0.312 e. The second-order valence-electron chi connectivity index (χ2n) is 5.50. The number of benzene rings is 1. The Hall–Kier alpha value is -1.31. The third-order valence-corrected chi connectivity index (χ3v) is 3.25. The summed E-state index contributed by atoms with van der Waals surface area (Å²) in [5, 5.41) is 0. The van der Waals surface area contributed by atoms with Crippen molar-refractivity contribution in [2.75, 3.05) is 0 Å². The van der Waals surface area contributed by atoms with Crippen LogP contribution in [0.2, 0.25) is 0 Å². The van der Waals surface area contributed by atoms with Crippen molar-refractivity contribution < 1.29 is 9.53 Å². The van der Waals surface area contributed by atoms with Gasteiger partial charge in [-0.25, -0.2) is 0 Å². The lowest BCUT2D eigenvalue weighted by molar-refractivity contribution is -0.168. The molecule has 17 heavy (non-hydrogen) atoms. The fourth-order valence-electron chi connectivity index (χ4n) is 1.41. The van der Waals surface area contributed by atoms with Crippen molar-refractivity contribution in [1.82, 2.24) is 0 Å². The molecule has 0 bridgehead atoms. The number of carbonyl (C=O) groups is 1. The van der Waals surface area contributed by atoms with E-state index in [2.05, 4.69) is 0 Å². The average molecular weight is 234 g/mol. The molecule has 0 aliphatic heterocycles. The molecule has 1 rings (SSSR count). The molecule has 2 nitrogen and oxygen atoms in total. The third kappa shape index (κ3) is 3.32. The van der Waals surface area contributed by atoms with E-state index >= 15 is 0 Å². The van der Waals surface area contributed by atoms with Gasteiger partial charge in [-0.15, -0.1) is 0 Å². The van der Waals surface area contributed by atoms with Crippen LogP contribution in [0.5, 0.6) is 0 Å². The first-order valence-electron chi connectivity index (χ1n) is 6.08. The first kappa shape index (κ1) is 13.8. The van der Waals surface area contributed by atoms with Crippen LogP contribution >= 0.6 is 0 Å². The summed E-state index contributed by atoms with van der Waals surface area (Å²) in [7, 11) is 0. The highest BCUT2D eigenvalue weighted by molar-refractivity contribution is 5.76. The highest BCUT2D eigenvalue weighted by Crippen LogP contribution is 2.30. The second kappa shape index (κ2) is 4.91. The quantitative estimate of drug-likeness (QED) is 0.738. The molecule has 0 N–H and O–H groups in total.